The van der Waals surface area contributed by atoms with Gasteiger partial charge in [0.25, 0.3) is 0 Å². The minimum absolute atomic E-state index is 0.689. The van der Waals surface area contributed by atoms with Crippen molar-refractivity contribution >= 4 is 11.6 Å². The van der Waals surface area contributed by atoms with E-state index in [0.29, 0.717) is 12.6 Å². The monoisotopic (exact) mass is 527 g/mol. The van der Waals surface area contributed by atoms with E-state index >= 15 is 0 Å². The number of ether oxygens (including phenoxy) is 2. The lowest BCUT2D eigenvalue weighted by Crippen LogP contribution is -2.41. The molecule has 0 atom stereocenters. The molecule has 37 heavy (non-hydrogen) atoms. The van der Waals surface area contributed by atoms with E-state index in [9.17, 15) is 0 Å². The van der Waals surface area contributed by atoms with E-state index in [-0.39, 0.29) is 0 Å². The molecule has 2 aliphatic rings. The first-order valence-corrected chi connectivity index (χ1v) is 14.3. The Morgan fingerprint density at radius 2 is 1.62 bits per heavy atom. The Bertz CT molecular complexity index is 1060. The van der Waals surface area contributed by atoms with Crippen LogP contribution in [-0.4, -0.2) is 87.4 Å². The fourth-order valence-electron chi connectivity index (χ4n) is 5.80. The van der Waals surface area contributed by atoms with Crippen molar-refractivity contribution < 1.29 is 9.47 Å². The molecule has 0 radical (unpaired) electrons. The molecule has 0 saturated carbocycles. The van der Waals surface area contributed by atoms with Gasteiger partial charge in [0.15, 0.2) is 0 Å². The maximum atomic E-state index is 6.72. The number of likely N-dealkylation sites (tertiary alicyclic amines) is 1. The molecule has 2 heterocycles. The standard InChI is InChI=1S/C31H46ClN3O2/c1-22-17-26(24(3)31(18-22)37-16-13-34-11-14-36-15-12-34)20-28-23(2)19-30(32)25(4)29(28)21-35-9-7-27(8-10-35)33(5)6/h17-19,27H,7-16,20-21H2,1-6H3. The van der Waals surface area contributed by atoms with Gasteiger partial charge in [-0.3, -0.25) is 9.80 Å². The summed E-state index contributed by atoms with van der Waals surface area (Å²) in [4.78, 5) is 7.41. The molecule has 0 spiro atoms. The van der Waals surface area contributed by atoms with Crippen LogP contribution in [0.3, 0.4) is 0 Å². The van der Waals surface area contributed by atoms with Gasteiger partial charge in [0.2, 0.25) is 0 Å². The van der Waals surface area contributed by atoms with E-state index in [0.717, 1.165) is 69.7 Å². The van der Waals surface area contributed by atoms with Gasteiger partial charge in [-0.15, -0.1) is 0 Å². The number of hydrogen-bond acceptors (Lipinski definition) is 5. The predicted molar refractivity (Wildman–Crippen MR) is 154 cm³/mol. The second kappa shape index (κ2) is 12.9. The molecular weight excluding hydrogens is 482 g/mol. The first-order valence-electron chi connectivity index (χ1n) is 13.9. The number of nitrogens with zero attached hydrogens (tertiary/aromatic N) is 3. The summed E-state index contributed by atoms with van der Waals surface area (Å²) in [6.45, 7) is 17.3. The summed E-state index contributed by atoms with van der Waals surface area (Å²) >= 11 is 6.72. The Balaban J connectivity index is 1.52. The van der Waals surface area contributed by atoms with E-state index in [1.54, 1.807) is 0 Å². The highest BCUT2D eigenvalue weighted by atomic mass is 35.5. The summed E-state index contributed by atoms with van der Waals surface area (Å²) in [7, 11) is 4.40. The van der Waals surface area contributed by atoms with Crippen molar-refractivity contribution in [3.63, 3.8) is 0 Å². The molecule has 0 bridgehead atoms. The van der Waals surface area contributed by atoms with Gasteiger partial charge >= 0.3 is 0 Å². The second-order valence-electron chi connectivity index (χ2n) is 11.3. The van der Waals surface area contributed by atoms with Crippen LogP contribution in [0.2, 0.25) is 5.02 Å². The van der Waals surface area contributed by atoms with Gasteiger partial charge in [-0.25, -0.2) is 0 Å². The zero-order valence-corrected chi connectivity index (χ0v) is 24.6. The number of halogens is 1. The van der Waals surface area contributed by atoms with Crippen molar-refractivity contribution in [3.8, 4) is 5.75 Å². The van der Waals surface area contributed by atoms with Gasteiger partial charge in [0, 0.05) is 37.2 Å². The lowest BCUT2D eigenvalue weighted by molar-refractivity contribution is 0.0322. The molecule has 0 aliphatic carbocycles. The van der Waals surface area contributed by atoms with Crippen LogP contribution >= 0.6 is 11.6 Å². The minimum Gasteiger partial charge on any atom is -0.492 e. The normalized spacial score (nSPS) is 18.1. The van der Waals surface area contributed by atoms with E-state index in [4.69, 9.17) is 21.1 Å². The number of morpholine rings is 1. The maximum Gasteiger partial charge on any atom is 0.122 e. The van der Waals surface area contributed by atoms with Crippen LogP contribution in [0, 0.1) is 27.7 Å². The second-order valence-corrected chi connectivity index (χ2v) is 11.7. The Labute approximate surface area is 229 Å². The number of piperidine rings is 1. The molecule has 2 aromatic rings. The molecule has 5 nitrogen and oxygen atoms in total. The molecule has 2 aromatic carbocycles. The third-order valence-corrected chi connectivity index (χ3v) is 8.80. The molecule has 4 rings (SSSR count). The highest BCUT2D eigenvalue weighted by Gasteiger charge is 2.23. The van der Waals surface area contributed by atoms with Crippen molar-refractivity contribution in [1.82, 2.24) is 14.7 Å². The zero-order chi connectivity index (χ0) is 26.5. The van der Waals surface area contributed by atoms with E-state index in [1.165, 1.54) is 51.8 Å². The zero-order valence-electron chi connectivity index (χ0n) is 23.8. The van der Waals surface area contributed by atoms with Crippen molar-refractivity contribution in [2.24, 2.45) is 0 Å². The van der Waals surface area contributed by atoms with Crippen molar-refractivity contribution in [2.45, 2.75) is 59.5 Å². The molecule has 2 aliphatic heterocycles. The molecule has 2 fully saturated rings. The van der Waals surface area contributed by atoms with Gasteiger partial charge in [-0.05, 0) is 125 Å². The molecule has 2 saturated heterocycles. The average Bonchev–Trinajstić information content (AvgIpc) is 2.88. The third kappa shape index (κ3) is 7.27. The smallest absolute Gasteiger partial charge is 0.122 e. The lowest BCUT2D eigenvalue weighted by atomic mass is 9.89. The molecular formula is C31H46ClN3O2. The highest BCUT2D eigenvalue weighted by Crippen LogP contribution is 2.33. The van der Waals surface area contributed by atoms with Gasteiger partial charge in [-0.1, -0.05) is 17.7 Å². The van der Waals surface area contributed by atoms with Gasteiger partial charge in [-0.2, -0.15) is 0 Å². The van der Waals surface area contributed by atoms with Crippen LogP contribution in [0.5, 0.6) is 5.75 Å². The van der Waals surface area contributed by atoms with Gasteiger partial charge in [0.1, 0.15) is 12.4 Å². The highest BCUT2D eigenvalue weighted by molar-refractivity contribution is 6.31. The number of hydrogen-bond donors (Lipinski definition) is 0. The summed E-state index contributed by atoms with van der Waals surface area (Å²) in [6.07, 6.45) is 3.35. The van der Waals surface area contributed by atoms with Crippen LogP contribution in [0.15, 0.2) is 18.2 Å². The molecule has 204 valence electrons. The van der Waals surface area contributed by atoms with Crippen LogP contribution in [0.4, 0.5) is 0 Å². The minimum atomic E-state index is 0.689. The number of rotatable bonds is 9. The number of aryl methyl sites for hydroxylation is 2. The first-order chi connectivity index (χ1) is 17.7. The van der Waals surface area contributed by atoms with Crippen LogP contribution in [0.1, 0.15) is 51.8 Å². The summed E-state index contributed by atoms with van der Waals surface area (Å²) in [5, 5.41) is 0.882. The fraction of sp³-hybridized carbons (Fsp3) is 0.613. The van der Waals surface area contributed by atoms with Crippen LogP contribution < -0.4 is 4.74 Å². The van der Waals surface area contributed by atoms with E-state index < -0.39 is 0 Å². The van der Waals surface area contributed by atoms with E-state index in [2.05, 4.69) is 74.7 Å². The molecule has 0 aromatic heterocycles. The number of benzene rings is 2. The summed E-state index contributed by atoms with van der Waals surface area (Å²) < 4.78 is 11.8. The quantitative estimate of drug-likeness (QED) is 0.435. The van der Waals surface area contributed by atoms with Crippen molar-refractivity contribution in [1.29, 1.82) is 0 Å². The summed E-state index contributed by atoms with van der Waals surface area (Å²) in [6, 6.07) is 7.36. The van der Waals surface area contributed by atoms with Crippen molar-refractivity contribution in [2.75, 3.05) is 66.6 Å². The average molecular weight is 528 g/mol. The third-order valence-electron chi connectivity index (χ3n) is 8.41. The fourth-order valence-corrected chi connectivity index (χ4v) is 6.08. The molecule has 0 amide bonds. The van der Waals surface area contributed by atoms with Gasteiger partial charge in [0.05, 0.1) is 13.2 Å². The molecule has 0 unspecified atom stereocenters. The largest absolute Gasteiger partial charge is 0.492 e. The SMILES string of the molecule is Cc1cc(Cc2c(C)cc(Cl)c(C)c2CN2CCC(N(C)C)CC2)c(C)c(OCCN2CCOCC2)c1. The summed E-state index contributed by atoms with van der Waals surface area (Å²) in [5.74, 6) is 1.01. The Morgan fingerprint density at radius 1 is 0.919 bits per heavy atom. The topological polar surface area (TPSA) is 28.2 Å². The van der Waals surface area contributed by atoms with Crippen molar-refractivity contribution in [3.05, 3.63) is 62.2 Å². The van der Waals surface area contributed by atoms with Crippen LogP contribution in [0.25, 0.3) is 0 Å². The summed E-state index contributed by atoms with van der Waals surface area (Å²) in [5.41, 5.74) is 9.18. The predicted octanol–water partition coefficient (Wildman–Crippen LogP) is 5.40. The Morgan fingerprint density at radius 3 is 2.30 bits per heavy atom. The van der Waals surface area contributed by atoms with Gasteiger partial charge < -0.3 is 14.4 Å². The van der Waals surface area contributed by atoms with E-state index in [1.807, 2.05) is 0 Å². The first kappa shape index (κ1) is 28.4. The maximum absolute atomic E-state index is 6.72. The molecule has 6 heteroatoms. The Hall–Kier alpha value is -1.63. The lowest BCUT2D eigenvalue weighted by Gasteiger charge is -2.36. The molecule has 0 N–H and O–H groups in total. The Kier molecular flexibility index (Phi) is 9.93. The van der Waals surface area contributed by atoms with Crippen LogP contribution in [-0.2, 0) is 17.7 Å².